The molecule has 0 aromatic rings. The van der Waals surface area contributed by atoms with Crippen molar-refractivity contribution in [1.82, 2.24) is 4.90 Å². The monoisotopic (exact) mass is 231 g/mol. The highest BCUT2D eigenvalue weighted by molar-refractivity contribution is 5.92. The molecule has 1 amide bonds. The van der Waals surface area contributed by atoms with E-state index in [0.29, 0.717) is 18.5 Å². The highest BCUT2D eigenvalue weighted by Crippen LogP contribution is 2.41. The molecule has 0 N–H and O–H groups in total. The molecule has 0 saturated carbocycles. The van der Waals surface area contributed by atoms with Crippen LogP contribution in [0.1, 0.15) is 46.0 Å². The third-order valence-electron chi connectivity index (χ3n) is 3.06. The maximum absolute atomic E-state index is 13.3. The van der Waals surface area contributed by atoms with Crippen LogP contribution in [0.25, 0.3) is 0 Å². The lowest BCUT2D eigenvalue weighted by Crippen LogP contribution is -2.68. The second-order valence-corrected chi connectivity index (χ2v) is 4.23. The number of hydrogen-bond acceptors (Lipinski definition) is 1. The van der Waals surface area contributed by atoms with Gasteiger partial charge in [0.2, 0.25) is 0 Å². The van der Waals surface area contributed by atoms with Crippen LogP contribution < -0.4 is 0 Å². The summed E-state index contributed by atoms with van der Waals surface area (Å²) >= 11 is 0. The van der Waals surface area contributed by atoms with E-state index in [-0.39, 0.29) is 0 Å². The van der Waals surface area contributed by atoms with Crippen molar-refractivity contribution < 1.29 is 13.6 Å². The number of carbonyl (C=O) groups excluding carboxylic acids is 1. The zero-order valence-electron chi connectivity index (χ0n) is 9.93. The van der Waals surface area contributed by atoms with Crippen molar-refractivity contribution in [2.75, 3.05) is 0 Å². The van der Waals surface area contributed by atoms with E-state index < -0.39 is 17.9 Å². The lowest BCUT2D eigenvalue weighted by Gasteiger charge is -2.47. The van der Waals surface area contributed by atoms with Gasteiger partial charge in [-0.25, -0.2) is 0 Å². The molecule has 1 rings (SSSR count). The number of likely N-dealkylation sites (tertiary alicyclic amines) is 1. The molecule has 1 saturated heterocycles. The predicted molar refractivity (Wildman–Crippen MR) is 59.2 cm³/mol. The molecule has 0 aliphatic carbocycles. The molecule has 1 atom stereocenters. The Morgan fingerprint density at radius 3 is 2.56 bits per heavy atom. The van der Waals surface area contributed by atoms with Gasteiger partial charge in [-0.3, -0.25) is 4.79 Å². The summed E-state index contributed by atoms with van der Waals surface area (Å²) in [5, 5.41) is 0. The normalized spacial score (nSPS) is 23.1. The molecule has 0 bridgehead atoms. The Labute approximate surface area is 95.3 Å². The smallest absolute Gasteiger partial charge is 0.302 e. The molecular formula is C12H19F2NO. The van der Waals surface area contributed by atoms with Crippen LogP contribution in [-0.4, -0.2) is 22.8 Å². The van der Waals surface area contributed by atoms with E-state index in [1.807, 2.05) is 13.8 Å². The molecule has 2 nitrogen and oxygen atoms in total. The lowest BCUT2D eigenvalue weighted by atomic mass is 9.90. The van der Waals surface area contributed by atoms with Gasteiger partial charge in [0.05, 0.1) is 0 Å². The van der Waals surface area contributed by atoms with E-state index in [4.69, 9.17) is 0 Å². The maximum atomic E-state index is 13.3. The fraction of sp³-hybridized carbons (Fsp3) is 0.750. The zero-order chi connectivity index (χ0) is 12.3. The number of β-lactam (4-membered cyclic amide) rings is 1. The molecule has 0 radical (unpaired) electrons. The van der Waals surface area contributed by atoms with Crippen LogP contribution in [0.4, 0.5) is 8.78 Å². The fourth-order valence-corrected chi connectivity index (χ4v) is 1.97. The van der Waals surface area contributed by atoms with Gasteiger partial charge in [-0.1, -0.05) is 39.7 Å². The van der Waals surface area contributed by atoms with Crippen LogP contribution in [-0.2, 0) is 4.79 Å². The van der Waals surface area contributed by atoms with Crippen molar-refractivity contribution in [1.29, 1.82) is 0 Å². The first kappa shape index (κ1) is 13.1. The molecule has 16 heavy (non-hydrogen) atoms. The van der Waals surface area contributed by atoms with Gasteiger partial charge in [-0.2, -0.15) is 8.78 Å². The van der Waals surface area contributed by atoms with E-state index >= 15 is 0 Å². The number of carbonyl (C=O) groups is 1. The molecule has 0 spiro atoms. The molecule has 1 aliphatic heterocycles. The van der Waals surface area contributed by atoms with Crippen LogP contribution in [0.2, 0.25) is 0 Å². The van der Waals surface area contributed by atoms with Gasteiger partial charge in [0, 0.05) is 5.70 Å². The average Bonchev–Trinajstić information content (AvgIpc) is 2.27. The summed E-state index contributed by atoms with van der Waals surface area (Å²) in [6.45, 7) is 7.50. The summed E-state index contributed by atoms with van der Waals surface area (Å²) in [5.74, 6) is -4.26. The van der Waals surface area contributed by atoms with Crippen LogP contribution in [0.15, 0.2) is 12.3 Å². The number of unbranched alkanes of at least 4 members (excludes halogenated alkanes) is 2. The van der Waals surface area contributed by atoms with E-state index in [1.54, 1.807) is 0 Å². The number of rotatable bonds is 6. The molecule has 92 valence electrons. The Morgan fingerprint density at radius 1 is 1.44 bits per heavy atom. The summed E-state index contributed by atoms with van der Waals surface area (Å²) < 4.78 is 26.7. The predicted octanol–water partition coefficient (Wildman–Crippen LogP) is 3.34. The second kappa shape index (κ2) is 4.93. The fourth-order valence-electron chi connectivity index (χ4n) is 1.97. The van der Waals surface area contributed by atoms with Crippen molar-refractivity contribution in [2.45, 2.75) is 57.9 Å². The Morgan fingerprint density at radius 2 is 2.06 bits per heavy atom. The molecule has 4 heteroatoms. The van der Waals surface area contributed by atoms with E-state index in [2.05, 4.69) is 6.58 Å². The van der Waals surface area contributed by atoms with E-state index in [0.717, 1.165) is 19.3 Å². The minimum Gasteiger partial charge on any atom is -0.302 e. The van der Waals surface area contributed by atoms with E-state index in [9.17, 15) is 13.6 Å². The Kier molecular flexibility index (Phi) is 4.05. The Bertz CT molecular complexity index is 289. The van der Waals surface area contributed by atoms with Crippen LogP contribution in [0.5, 0.6) is 0 Å². The number of amides is 1. The number of alkyl halides is 2. The van der Waals surface area contributed by atoms with Crippen molar-refractivity contribution in [3.8, 4) is 0 Å². The molecular weight excluding hydrogens is 212 g/mol. The molecule has 1 unspecified atom stereocenters. The minimum absolute atomic E-state index is 0.367. The Balaban J connectivity index is 2.63. The Hall–Kier alpha value is -0.930. The number of hydrogen-bond donors (Lipinski definition) is 0. The van der Waals surface area contributed by atoms with Gasteiger partial charge >= 0.3 is 5.92 Å². The van der Waals surface area contributed by atoms with Crippen molar-refractivity contribution in [3.63, 3.8) is 0 Å². The largest absolute Gasteiger partial charge is 0.345 e. The minimum atomic E-state index is -3.17. The first-order valence-corrected chi connectivity index (χ1v) is 5.86. The number of halogens is 2. The topological polar surface area (TPSA) is 20.3 Å². The summed E-state index contributed by atoms with van der Waals surface area (Å²) in [4.78, 5) is 12.4. The summed E-state index contributed by atoms with van der Waals surface area (Å²) in [6.07, 6.45) is 3.55. The molecule has 0 aromatic heterocycles. The quantitative estimate of drug-likeness (QED) is 0.507. The first-order chi connectivity index (χ1) is 7.46. The number of nitrogens with zero attached hydrogens (tertiary/aromatic N) is 1. The van der Waals surface area contributed by atoms with E-state index in [1.165, 1.54) is 4.90 Å². The zero-order valence-corrected chi connectivity index (χ0v) is 9.93. The van der Waals surface area contributed by atoms with Crippen LogP contribution in [0.3, 0.4) is 0 Å². The molecule has 1 heterocycles. The summed E-state index contributed by atoms with van der Waals surface area (Å²) in [5.41, 5.74) is 0.498. The van der Waals surface area contributed by atoms with Crippen molar-refractivity contribution in [2.24, 2.45) is 0 Å². The SMILES string of the molecule is C=C(CC)N1C(=O)C(F)(F)C1CCCCC. The third-order valence-corrected chi connectivity index (χ3v) is 3.06. The van der Waals surface area contributed by atoms with Gasteiger partial charge < -0.3 is 4.90 Å². The van der Waals surface area contributed by atoms with Crippen molar-refractivity contribution in [3.05, 3.63) is 12.3 Å². The molecule has 1 aliphatic rings. The molecule has 1 fully saturated rings. The van der Waals surface area contributed by atoms with Gasteiger partial charge in [-0.05, 0) is 12.8 Å². The average molecular weight is 231 g/mol. The lowest BCUT2D eigenvalue weighted by molar-refractivity contribution is -0.199. The van der Waals surface area contributed by atoms with Gasteiger partial charge in [-0.15, -0.1) is 0 Å². The van der Waals surface area contributed by atoms with Crippen LogP contribution >= 0.6 is 0 Å². The van der Waals surface area contributed by atoms with Gasteiger partial charge in [0.15, 0.2) is 0 Å². The van der Waals surface area contributed by atoms with Gasteiger partial charge in [0.25, 0.3) is 5.91 Å². The molecule has 0 aromatic carbocycles. The standard InChI is InChI=1S/C12H19F2NO/c1-4-6-7-8-10-12(13,14)11(16)15(10)9(3)5-2/h10H,3-8H2,1-2H3. The second-order valence-electron chi connectivity index (χ2n) is 4.23. The summed E-state index contributed by atoms with van der Waals surface area (Å²) in [6, 6.07) is -0.959. The highest BCUT2D eigenvalue weighted by Gasteiger charge is 2.63. The van der Waals surface area contributed by atoms with Crippen LogP contribution in [0, 0.1) is 0 Å². The summed E-state index contributed by atoms with van der Waals surface area (Å²) in [7, 11) is 0. The number of allylic oxidation sites excluding steroid dienone is 1. The van der Waals surface area contributed by atoms with Crippen molar-refractivity contribution >= 4 is 5.91 Å². The third kappa shape index (κ3) is 2.11. The first-order valence-electron chi connectivity index (χ1n) is 5.86. The highest BCUT2D eigenvalue weighted by atomic mass is 19.3. The maximum Gasteiger partial charge on any atom is 0.345 e. The van der Waals surface area contributed by atoms with Gasteiger partial charge in [0.1, 0.15) is 6.04 Å².